The molecule has 0 saturated carbocycles. The third kappa shape index (κ3) is 3.55. The van der Waals surface area contributed by atoms with Gasteiger partial charge in [-0.1, -0.05) is 6.07 Å². The van der Waals surface area contributed by atoms with Crippen LogP contribution in [-0.4, -0.2) is 48.6 Å². The van der Waals surface area contributed by atoms with Gasteiger partial charge in [0.05, 0.1) is 18.7 Å². The third-order valence-electron chi connectivity index (χ3n) is 4.89. The van der Waals surface area contributed by atoms with Crippen LogP contribution in [0.5, 0.6) is 0 Å². The Morgan fingerprint density at radius 3 is 2.84 bits per heavy atom. The van der Waals surface area contributed by atoms with Crippen LogP contribution in [0, 0.1) is 0 Å². The quantitative estimate of drug-likeness (QED) is 0.845. The first-order valence-corrected chi connectivity index (χ1v) is 9.85. The Morgan fingerprint density at radius 2 is 2.04 bits per heavy atom. The first-order chi connectivity index (χ1) is 12.3. The molecule has 0 aliphatic carbocycles. The van der Waals surface area contributed by atoms with Gasteiger partial charge < -0.3 is 14.5 Å². The van der Waals surface area contributed by atoms with Gasteiger partial charge in [0.15, 0.2) is 0 Å². The van der Waals surface area contributed by atoms with Gasteiger partial charge in [-0.3, -0.25) is 4.79 Å². The average molecular weight is 357 g/mol. The van der Waals surface area contributed by atoms with Crippen molar-refractivity contribution in [3.63, 3.8) is 0 Å². The second kappa shape index (κ2) is 7.54. The van der Waals surface area contributed by atoms with Crippen molar-refractivity contribution in [1.29, 1.82) is 0 Å². The number of amides is 1. The Kier molecular flexibility index (Phi) is 4.99. The molecule has 2 aromatic heterocycles. The lowest BCUT2D eigenvalue weighted by molar-refractivity contribution is 0.0416. The van der Waals surface area contributed by atoms with Crippen molar-refractivity contribution in [2.45, 2.75) is 25.4 Å². The van der Waals surface area contributed by atoms with Crippen LogP contribution < -0.4 is 4.90 Å². The molecule has 2 aliphatic heterocycles. The molecule has 2 fully saturated rings. The number of anilines is 1. The number of hydrogen-bond acceptors (Lipinski definition) is 5. The zero-order valence-electron chi connectivity index (χ0n) is 14.3. The van der Waals surface area contributed by atoms with Gasteiger partial charge in [-0.15, -0.1) is 11.3 Å². The van der Waals surface area contributed by atoms with E-state index in [2.05, 4.69) is 21.3 Å². The fourth-order valence-electron chi connectivity index (χ4n) is 3.57. The van der Waals surface area contributed by atoms with E-state index in [0.29, 0.717) is 6.61 Å². The molecule has 1 atom stereocenters. The smallest absolute Gasteiger partial charge is 0.257 e. The molecule has 132 valence electrons. The number of nitrogens with zero attached hydrogens (tertiary/aromatic N) is 3. The van der Waals surface area contributed by atoms with Gasteiger partial charge in [-0.05, 0) is 42.8 Å². The highest BCUT2D eigenvalue weighted by atomic mass is 32.1. The third-order valence-corrected chi connectivity index (χ3v) is 5.85. The van der Waals surface area contributed by atoms with Crippen LogP contribution >= 0.6 is 11.3 Å². The van der Waals surface area contributed by atoms with Crippen LogP contribution in [0.2, 0.25) is 0 Å². The van der Waals surface area contributed by atoms with E-state index >= 15 is 0 Å². The predicted octanol–water partition coefficient (Wildman–Crippen LogP) is 3.35. The van der Waals surface area contributed by atoms with Crippen molar-refractivity contribution in [3.8, 4) is 0 Å². The summed E-state index contributed by atoms with van der Waals surface area (Å²) in [4.78, 5) is 23.0. The number of carbonyl (C=O) groups excluding carboxylic acids is 1. The maximum Gasteiger partial charge on any atom is 0.257 e. The highest BCUT2D eigenvalue weighted by Crippen LogP contribution is 2.30. The molecule has 5 nitrogen and oxygen atoms in total. The number of thiophene rings is 1. The number of carbonyl (C=O) groups is 1. The monoisotopic (exact) mass is 357 g/mol. The van der Waals surface area contributed by atoms with Gasteiger partial charge in [-0.2, -0.15) is 0 Å². The largest absolute Gasteiger partial charge is 0.369 e. The van der Waals surface area contributed by atoms with Crippen molar-refractivity contribution < 1.29 is 9.53 Å². The van der Waals surface area contributed by atoms with E-state index in [4.69, 9.17) is 4.74 Å². The highest BCUT2D eigenvalue weighted by molar-refractivity contribution is 7.10. The minimum Gasteiger partial charge on any atom is -0.369 e. The standard InChI is InChI=1S/C19H23N3O2S/c23-19(21-9-2-1-3-10-21)15-6-4-8-20-18(15)22-11-12-24-16(14-22)17-7-5-13-25-17/h4-8,13,16H,1-3,9-12,14H2. The van der Waals surface area contributed by atoms with Gasteiger partial charge in [-0.25, -0.2) is 4.98 Å². The Bertz CT molecular complexity index is 713. The fourth-order valence-corrected chi connectivity index (χ4v) is 4.34. The van der Waals surface area contributed by atoms with Crippen LogP contribution in [0.1, 0.15) is 40.6 Å². The van der Waals surface area contributed by atoms with E-state index in [-0.39, 0.29) is 12.0 Å². The summed E-state index contributed by atoms with van der Waals surface area (Å²) in [7, 11) is 0. The van der Waals surface area contributed by atoms with Crippen molar-refractivity contribution in [3.05, 3.63) is 46.3 Å². The summed E-state index contributed by atoms with van der Waals surface area (Å²) in [6, 6.07) is 7.93. The molecule has 0 bridgehead atoms. The minimum absolute atomic E-state index is 0.0497. The summed E-state index contributed by atoms with van der Waals surface area (Å²) in [5.74, 6) is 0.907. The summed E-state index contributed by atoms with van der Waals surface area (Å²) >= 11 is 1.71. The number of ether oxygens (including phenoxy) is 1. The minimum atomic E-state index is 0.0497. The number of aromatic nitrogens is 1. The van der Waals surface area contributed by atoms with Crippen LogP contribution in [0.25, 0.3) is 0 Å². The van der Waals surface area contributed by atoms with E-state index in [1.165, 1.54) is 11.3 Å². The normalized spacial score (nSPS) is 21.4. The summed E-state index contributed by atoms with van der Waals surface area (Å²) < 4.78 is 5.94. The van der Waals surface area contributed by atoms with E-state index in [1.54, 1.807) is 17.5 Å². The molecule has 0 aromatic carbocycles. The molecule has 2 aliphatic rings. The molecule has 25 heavy (non-hydrogen) atoms. The summed E-state index contributed by atoms with van der Waals surface area (Å²) in [6.07, 6.45) is 5.24. The second-order valence-electron chi connectivity index (χ2n) is 6.55. The zero-order chi connectivity index (χ0) is 17.1. The Morgan fingerprint density at radius 1 is 1.16 bits per heavy atom. The van der Waals surface area contributed by atoms with E-state index in [9.17, 15) is 4.79 Å². The molecule has 2 aromatic rings. The van der Waals surface area contributed by atoms with Gasteiger partial charge in [0, 0.05) is 30.7 Å². The summed E-state index contributed by atoms with van der Waals surface area (Å²) in [5.41, 5.74) is 0.719. The van der Waals surface area contributed by atoms with E-state index in [1.807, 2.05) is 23.1 Å². The molecule has 6 heteroatoms. The Balaban J connectivity index is 1.56. The molecule has 1 amide bonds. The number of hydrogen-bond donors (Lipinski definition) is 0. The number of morpholine rings is 1. The second-order valence-corrected chi connectivity index (χ2v) is 7.53. The van der Waals surface area contributed by atoms with Crippen molar-refractivity contribution in [2.75, 3.05) is 37.7 Å². The van der Waals surface area contributed by atoms with Crippen LogP contribution in [-0.2, 0) is 4.74 Å². The van der Waals surface area contributed by atoms with Crippen LogP contribution in [0.15, 0.2) is 35.8 Å². The lowest BCUT2D eigenvalue weighted by atomic mass is 10.1. The fraction of sp³-hybridized carbons (Fsp3) is 0.474. The summed E-state index contributed by atoms with van der Waals surface area (Å²) in [6.45, 7) is 3.86. The summed E-state index contributed by atoms with van der Waals surface area (Å²) in [5, 5.41) is 2.07. The van der Waals surface area contributed by atoms with Crippen LogP contribution in [0.4, 0.5) is 5.82 Å². The molecule has 0 radical (unpaired) electrons. The van der Waals surface area contributed by atoms with E-state index < -0.39 is 0 Å². The van der Waals surface area contributed by atoms with E-state index in [0.717, 1.165) is 50.4 Å². The number of piperidine rings is 1. The zero-order valence-corrected chi connectivity index (χ0v) is 15.1. The van der Waals surface area contributed by atoms with Gasteiger partial charge in [0.25, 0.3) is 5.91 Å². The van der Waals surface area contributed by atoms with Crippen molar-refractivity contribution in [2.24, 2.45) is 0 Å². The molecule has 0 spiro atoms. The van der Waals surface area contributed by atoms with Crippen LogP contribution in [0.3, 0.4) is 0 Å². The van der Waals surface area contributed by atoms with Crippen molar-refractivity contribution in [1.82, 2.24) is 9.88 Å². The number of likely N-dealkylation sites (tertiary alicyclic amines) is 1. The molecule has 1 unspecified atom stereocenters. The average Bonchev–Trinajstić information content (AvgIpc) is 3.23. The Hall–Kier alpha value is -1.92. The first kappa shape index (κ1) is 16.5. The van der Waals surface area contributed by atoms with Crippen molar-refractivity contribution >= 4 is 23.1 Å². The predicted molar refractivity (Wildman–Crippen MR) is 99.2 cm³/mol. The highest BCUT2D eigenvalue weighted by Gasteiger charge is 2.28. The molecule has 4 rings (SSSR count). The number of rotatable bonds is 3. The molecular weight excluding hydrogens is 334 g/mol. The molecule has 0 N–H and O–H groups in total. The van der Waals surface area contributed by atoms with Gasteiger partial charge in [0.1, 0.15) is 11.9 Å². The maximum absolute atomic E-state index is 13.0. The van der Waals surface area contributed by atoms with Gasteiger partial charge in [0.2, 0.25) is 0 Å². The lowest BCUT2D eigenvalue weighted by Crippen LogP contribution is -2.41. The topological polar surface area (TPSA) is 45.7 Å². The first-order valence-electron chi connectivity index (χ1n) is 8.97. The molecule has 2 saturated heterocycles. The number of pyridine rings is 1. The maximum atomic E-state index is 13.0. The molecular formula is C19H23N3O2S. The lowest BCUT2D eigenvalue weighted by Gasteiger charge is -2.35. The Labute approximate surface area is 152 Å². The molecule has 4 heterocycles. The van der Waals surface area contributed by atoms with Gasteiger partial charge >= 0.3 is 0 Å². The SMILES string of the molecule is O=C(c1cccnc1N1CCOC(c2cccs2)C1)N1CCCCC1.